The van der Waals surface area contributed by atoms with Gasteiger partial charge in [-0.25, -0.2) is 14.0 Å². The molecule has 2 fully saturated rings. The predicted octanol–water partition coefficient (Wildman–Crippen LogP) is 3.50. The first-order chi connectivity index (χ1) is 21.0. The molecule has 45 heavy (non-hydrogen) atoms. The highest BCUT2D eigenvalue weighted by Gasteiger charge is 2.57. The number of nitrogens with one attached hydrogen (secondary N) is 1. The van der Waals surface area contributed by atoms with Crippen molar-refractivity contribution < 1.29 is 41.2 Å². The summed E-state index contributed by atoms with van der Waals surface area (Å²) in [4.78, 5) is 69.0. The molecule has 2 aliphatic rings. The van der Waals surface area contributed by atoms with Crippen LogP contribution in [0.2, 0.25) is 0 Å². The van der Waals surface area contributed by atoms with Crippen molar-refractivity contribution in [2.75, 3.05) is 20.1 Å². The zero-order chi connectivity index (χ0) is 33.0. The summed E-state index contributed by atoms with van der Waals surface area (Å²) in [6.07, 6.45) is -4.63. The number of hydrogen-bond acceptors (Lipinski definition) is 6. The van der Waals surface area contributed by atoms with E-state index in [-0.39, 0.29) is 32.5 Å². The average Bonchev–Trinajstić information content (AvgIpc) is 3.36. The van der Waals surface area contributed by atoms with Crippen molar-refractivity contribution in [1.29, 1.82) is 0 Å². The summed E-state index contributed by atoms with van der Waals surface area (Å²) >= 11 is 0. The molecule has 11 nitrogen and oxygen atoms in total. The number of likely N-dealkylation sites (tertiary alicyclic amines) is 1. The monoisotopic (exact) mass is 633 g/mol. The van der Waals surface area contributed by atoms with E-state index in [0.717, 1.165) is 4.90 Å². The van der Waals surface area contributed by atoms with E-state index in [9.17, 15) is 41.5 Å². The first-order valence-corrected chi connectivity index (χ1v) is 14.2. The van der Waals surface area contributed by atoms with Gasteiger partial charge in [0.2, 0.25) is 5.91 Å². The van der Waals surface area contributed by atoms with Gasteiger partial charge < -0.3 is 19.5 Å². The third-order valence-corrected chi connectivity index (χ3v) is 8.59. The van der Waals surface area contributed by atoms with Crippen LogP contribution in [-0.2, 0) is 29.4 Å². The van der Waals surface area contributed by atoms with Gasteiger partial charge in [0.1, 0.15) is 17.4 Å². The quantitative estimate of drug-likeness (QED) is 0.327. The number of amides is 5. The molecule has 15 heteroatoms. The minimum Gasteiger partial charge on any atom is -0.408 e. The lowest BCUT2D eigenvalue weighted by molar-refractivity contribution is -0.142. The Morgan fingerprint density at radius 2 is 1.69 bits per heavy atom. The Bertz CT molecular complexity index is 1760. The number of carbonyl (C=O) groups is 4. The van der Waals surface area contributed by atoms with Crippen LogP contribution in [0.15, 0.2) is 45.6 Å². The fraction of sp³-hybridized carbons (Fsp3) is 0.433. The van der Waals surface area contributed by atoms with E-state index in [1.807, 2.05) is 0 Å². The van der Waals surface area contributed by atoms with Crippen molar-refractivity contribution in [2.24, 2.45) is 13.0 Å². The average molecular weight is 634 g/mol. The van der Waals surface area contributed by atoms with Crippen molar-refractivity contribution >= 4 is 34.9 Å². The minimum absolute atomic E-state index is 0.0362. The fourth-order valence-corrected chi connectivity index (χ4v) is 5.94. The van der Waals surface area contributed by atoms with Gasteiger partial charge in [-0.3, -0.25) is 23.9 Å². The lowest BCUT2D eigenvalue weighted by atomic mass is 9.85. The molecule has 2 saturated heterocycles. The number of urea groups is 1. The van der Waals surface area contributed by atoms with Gasteiger partial charge >= 0.3 is 18.0 Å². The van der Waals surface area contributed by atoms with Gasteiger partial charge in [-0.2, -0.15) is 13.2 Å². The Kier molecular flexibility index (Phi) is 8.00. The Hall–Kier alpha value is -4.69. The number of aryl methyl sites for hydroxylation is 1. The van der Waals surface area contributed by atoms with E-state index in [2.05, 4.69) is 5.32 Å². The van der Waals surface area contributed by atoms with Gasteiger partial charge in [0.05, 0.1) is 16.6 Å². The molecule has 240 valence electrons. The number of nitrogens with zero attached hydrogens (tertiary/aromatic N) is 4. The summed E-state index contributed by atoms with van der Waals surface area (Å²) in [7, 11) is 2.93. The summed E-state index contributed by atoms with van der Waals surface area (Å²) in [5, 5.41) is 2.39. The third kappa shape index (κ3) is 5.55. The lowest BCUT2D eigenvalue weighted by Crippen LogP contribution is -2.60. The first-order valence-electron chi connectivity index (χ1n) is 14.2. The number of likely N-dealkylation sites (N-methyl/N-ethyl adjacent to an activating group) is 1. The molecule has 1 unspecified atom stereocenters. The maximum atomic E-state index is 14.4. The molecule has 1 spiro atoms. The second-order valence-electron chi connectivity index (χ2n) is 11.7. The molecule has 2 aromatic carbocycles. The summed E-state index contributed by atoms with van der Waals surface area (Å²) in [5.74, 6) is -4.38. The molecule has 3 heterocycles. The molecule has 5 rings (SSSR count). The number of hydrogen-bond donors (Lipinski definition) is 1. The number of aromatic nitrogens is 1. The zero-order valence-electron chi connectivity index (χ0n) is 24.9. The summed E-state index contributed by atoms with van der Waals surface area (Å²) in [5.41, 5.74) is -1.76. The van der Waals surface area contributed by atoms with Crippen LogP contribution in [0.1, 0.15) is 48.2 Å². The maximum absolute atomic E-state index is 14.4. The molecular weight excluding hydrogens is 602 g/mol. The molecule has 1 aromatic heterocycles. The van der Waals surface area contributed by atoms with Crippen LogP contribution in [0.3, 0.4) is 0 Å². The maximum Gasteiger partial charge on any atom is 0.419 e. The van der Waals surface area contributed by atoms with E-state index in [1.54, 1.807) is 39.1 Å². The standard InChI is InChI=1S/C30H31F4N5O6/c1-16(2)23(35-24(40)19-14-18(30(32,33)34)6-7-20(19)31)25(41)38-11-9-29(10-12-38)26(42)37(4)27(43)39(29)15-17-5-8-22-21(13-17)36(3)28(44)45-22/h5-8,13-14,16,23H,9-12,15H2,1-4H3,(H,35,40). The summed E-state index contributed by atoms with van der Waals surface area (Å²) in [6, 6.07) is 4.75. The number of carbonyl (C=O) groups excluding carboxylic acids is 4. The van der Waals surface area contributed by atoms with Gasteiger partial charge in [-0.05, 0) is 54.7 Å². The van der Waals surface area contributed by atoms with Gasteiger partial charge in [-0.1, -0.05) is 19.9 Å². The van der Waals surface area contributed by atoms with Crippen molar-refractivity contribution in [2.45, 2.75) is 51.0 Å². The fourth-order valence-electron chi connectivity index (χ4n) is 5.94. The van der Waals surface area contributed by atoms with Crippen molar-refractivity contribution in [3.8, 4) is 0 Å². The van der Waals surface area contributed by atoms with Crippen LogP contribution < -0.4 is 11.1 Å². The van der Waals surface area contributed by atoms with E-state index in [4.69, 9.17) is 4.42 Å². The van der Waals surface area contributed by atoms with Crippen LogP contribution in [-0.4, -0.2) is 74.7 Å². The molecule has 1 atom stereocenters. The molecule has 0 aliphatic carbocycles. The van der Waals surface area contributed by atoms with Crippen molar-refractivity contribution in [1.82, 2.24) is 24.6 Å². The van der Waals surface area contributed by atoms with E-state index in [0.29, 0.717) is 34.9 Å². The van der Waals surface area contributed by atoms with Crippen LogP contribution in [0.4, 0.5) is 22.4 Å². The predicted molar refractivity (Wildman–Crippen MR) is 151 cm³/mol. The molecule has 0 bridgehead atoms. The summed E-state index contributed by atoms with van der Waals surface area (Å²) < 4.78 is 60.4. The number of piperidine rings is 1. The highest BCUT2D eigenvalue weighted by molar-refractivity contribution is 6.07. The Morgan fingerprint density at radius 3 is 2.31 bits per heavy atom. The van der Waals surface area contributed by atoms with Crippen LogP contribution in [0, 0.1) is 11.7 Å². The van der Waals surface area contributed by atoms with Crippen molar-refractivity contribution in [3.05, 3.63) is 69.5 Å². The highest BCUT2D eigenvalue weighted by atomic mass is 19.4. The normalized spacial score (nSPS) is 17.6. The zero-order valence-corrected chi connectivity index (χ0v) is 24.9. The topological polar surface area (TPSA) is 125 Å². The number of imide groups is 1. The number of alkyl halides is 3. The number of halogens is 4. The van der Waals surface area contributed by atoms with Gasteiger partial charge in [-0.15, -0.1) is 0 Å². The van der Waals surface area contributed by atoms with Gasteiger partial charge in [0.15, 0.2) is 5.58 Å². The van der Waals surface area contributed by atoms with E-state index < -0.39 is 70.1 Å². The van der Waals surface area contributed by atoms with Gasteiger partial charge in [0, 0.05) is 33.7 Å². The molecule has 5 amide bonds. The minimum atomic E-state index is -4.80. The van der Waals surface area contributed by atoms with Crippen LogP contribution >= 0.6 is 0 Å². The van der Waals surface area contributed by atoms with E-state index >= 15 is 0 Å². The number of rotatable bonds is 6. The molecule has 0 radical (unpaired) electrons. The second kappa shape index (κ2) is 11.3. The number of oxazole rings is 1. The highest BCUT2D eigenvalue weighted by Crippen LogP contribution is 2.38. The number of benzene rings is 2. The largest absolute Gasteiger partial charge is 0.419 e. The summed E-state index contributed by atoms with van der Waals surface area (Å²) in [6.45, 7) is 3.37. The Morgan fingerprint density at radius 1 is 1.02 bits per heavy atom. The van der Waals surface area contributed by atoms with Crippen molar-refractivity contribution in [3.63, 3.8) is 0 Å². The molecule has 1 N–H and O–H groups in total. The van der Waals surface area contributed by atoms with Gasteiger partial charge in [0.25, 0.3) is 11.8 Å². The Balaban J connectivity index is 1.33. The molecule has 0 saturated carbocycles. The molecule has 3 aromatic rings. The second-order valence-corrected chi connectivity index (χ2v) is 11.7. The smallest absolute Gasteiger partial charge is 0.408 e. The third-order valence-electron chi connectivity index (χ3n) is 8.59. The van der Waals surface area contributed by atoms with Crippen LogP contribution in [0.25, 0.3) is 11.1 Å². The molecule has 2 aliphatic heterocycles. The number of fused-ring (bicyclic) bond motifs is 1. The first kappa shape index (κ1) is 31.7. The lowest BCUT2D eigenvalue weighted by Gasteiger charge is -2.43. The van der Waals surface area contributed by atoms with E-state index in [1.165, 1.54) is 21.4 Å². The SMILES string of the molecule is CC(C)C(NC(=O)c1cc(C(F)(F)F)ccc1F)C(=O)N1CCC2(CC1)C(=O)N(C)C(=O)N2Cc1ccc2oc(=O)n(C)c2c1. The Labute approximate surface area is 254 Å². The van der Waals surface area contributed by atoms with Crippen LogP contribution in [0.5, 0.6) is 0 Å². The molecular formula is C30H31F4N5O6.